The average molecular weight is 602 g/mol. The number of carbonyl (C=O) groups is 2. The molecule has 2 fully saturated rings. The number of carboxylic acids is 1. The second-order valence-corrected chi connectivity index (χ2v) is 12.0. The predicted octanol–water partition coefficient (Wildman–Crippen LogP) is 6.84. The molecule has 0 radical (unpaired) electrons. The Morgan fingerprint density at radius 2 is 1.74 bits per heavy atom. The van der Waals surface area contributed by atoms with Gasteiger partial charge in [-0.3, -0.25) is 19.5 Å². The Morgan fingerprint density at radius 1 is 1.05 bits per heavy atom. The maximum atomic E-state index is 14.0. The van der Waals surface area contributed by atoms with Gasteiger partial charge in [-0.2, -0.15) is 0 Å². The Bertz CT molecular complexity index is 1620. The number of carboxylic acid groups (broad SMARTS) is 1. The number of piperidine rings is 1. The minimum Gasteiger partial charge on any atom is -0.490 e. The summed E-state index contributed by atoms with van der Waals surface area (Å²) in [6, 6.07) is 20.7. The number of halogens is 2. The minimum absolute atomic E-state index is 0.0700. The number of hydrogen-bond donors (Lipinski definition) is 2. The van der Waals surface area contributed by atoms with E-state index < -0.39 is 17.9 Å². The van der Waals surface area contributed by atoms with Crippen LogP contribution < -0.4 is 10.1 Å². The van der Waals surface area contributed by atoms with E-state index in [1.165, 1.54) is 12.1 Å². The molecule has 4 atom stereocenters. The third-order valence-corrected chi connectivity index (χ3v) is 9.01. The first-order valence-electron chi connectivity index (χ1n) is 14.6. The largest absolute Gasteiger partial charge is 0.490 e. The number of ether oxygens (including phenoxy) is 1. The quantitative estimate of drug-likeness (QED) is 0.218. The van der Waals surface area contributed by atoms with Gasteiger partial charge >= 0.3 is 5.97 Å². The summed E-state index contributed by atoms with van der Waals surface area (Å²) >= 11 is 6.06. The lowest BCUT2D eigenvalue weighted by atomic mass is 9.93. The Morgan fingerprint density at radius 3 is 2.42 bits per heavy atom. The number of nitrogens with zero attached hydrogens (tertiary/aromatic N) is 2. The molecule has 2 aliphatic heterocycles. The van der Waals surface area contributed by atoms with Gasteiger partial charge in [0.2, 0.25) is 5.91 Å². The van der Waals surface area contributed by atoms with Crippen molar-refractivity contribution < 1.29 is 23.8 Å². The molecule has 222 valence electrons. The highest BCUT2D eigenvalue weighted by Gasteiger charge is 2.46. The topological polar surface area (TPSA) is 91.8 Å². The van der Waals surface area contributed by atoms with E-state index in [9.17, 15) is 19.1 Å². The first-order valence-corrected chi connectivity index (χ1v) is 15.0. The highest BCUT2D eigenvalue weighted by Crippen LogP contribution is 2.40. The molecule has 0 spiro atoms. The molecule has 2 N–H and O–H groups in total. The third-order valence-electron chi connectivity index (χ3n) is 8.76. The van der Waals surface area contributed by atoms with Crippen LogP contribution >= 0.6 is 11.6 Å². The van der Waals surface area contributed by atoms with Gasteiger partial charge in [-0.15, -0.1) is 0 Å². The number of pyridine rings is 1. The summed E-state index contributed by atoms with van der Waals surface area (Å²) in [5.74, 6) is -1.30. The second kappa shape index (κ2) is 12.3. The molecule has 2 aliphatic rings. The van der Waals surface area contributed by atoms with Crippen molar-refractivity contribution in [3.63, 3.8) is 0 Å². The molecule has 9 heteroatoms. The van der Waals surface area contributed by atoms with E-state index in [-0.39, 0.29) is 29.9 Å². The van der Waals surface area contributed by atoms with Crippen molar-refractivity contribution in [3.8, 4) is 5.75 Å². The number of amides is 1. The van der Waals surface area contributed by atoms with Crippen molar-refractivity contribution in [2.45, 2.75) is 69.2 Å². The highest BCUT2D eigenvalue weighted by atomic mass is 35.5. The number of hydrogen-bond acceptors (Lipinski definition) is 5. The fourth-order valence-electron chi connectivity index (χ4n) is 6.54. The van der Waals surface area contributed by atoms with Gasteiger partial charge in [-0.05, 0) is 98.7 Å². The molecule has 0 saturated carbocycles. The lowest BCUT2D eigenvalue weighted by Crippen LogP contribution is -2.55. The fraction of sp³-hybridized carbons (Fsp3) is 0.324. The lowest BCUT2D eigenvalue weighted by molar-refractivity contribution is -0.138. The third kappa shape index (κ3) is 6.36. The number of fused-ring (bicyclic) bond motifs is 3. The number of aromatic nitrogens is 1. The Balaban J connectivity index is 1.23. The Labute approximate surface area is 254 Å². The summed E-state index contributed by atoms with van der Waals surface area (Å²) in [5.41, 5.74) is 3.04. The van der Waals surface area contributed by atoms with E-state index in [2.05, 4.69) is 15.2 Å². The summed E-state index contributed by atoms with van der Waals surface area (Å²) < 4.78 is 20.5. The normalized spacial score (nSPS) is 21.3. The molecule has 4 aromatic rings. The molecule has 1 amide bonds. The van der Waals surface area contributed by atoms with Crippen molar-refractivity contribution in [1.82, 2.24) is 9.88 Å². The zero-order valence-corrected chi connectivity index (χ0v) is 24.5. The second-order valence-electron chi connectivity index (χ2n) is 11.5. The summed E-state index contributed by atoms with van der Waals surface area (Å²) in [7, 11) is 0. The zero-order valence-electron chi connectivity index (χ0n) is 23.8. The first kappa shape index (κ1) is 29.1. The Hall–Kier alpha value is -4.01. The van der Waals surface area contributed by atoms with Gasteiger partial charge in [0.15, 0.2) is 0 Å². The van der Waals surface area contributed by atoms with Gasteiger partial charge in [0.25, 0.3) is 0 Å². The summed E-state index contributed by atoms with van der Waals surface area (Å²) in [6.07, 6.45) is 5.49. The molecule has 3 heterocycles. The summed E-state index contributed by atoms with van der Waals surface area (Å²) in [5, 5.41) is 13.7. The molecule has 3 aromatic carbocycles. The maximum absolute atomic E-state index is 14.0. The SMILES string of the molecule is CC(C(=O)O)c1ccc(CC(C(=O)Nc2ccc(Cl)cc2)N2C3CCC2CC(Oc2ccnc4ccc(F)cc24)C3)cc1. The van der Waals surface area contributed by atoms with E-state index in [4.69, 9.17) is 16.3 Å². The minimum atomic E-state index is -0.875. The molecular formula is C34H33ClFN3O4. The van der Waals surface area contributed by atoms with Crippen LogP contribution in [0.2, 0.25) is 5.02 Å². The van der Waals surface area contributed by atoms with Crippen molar-refractivity contribution in [2.24, 2.45) is 0 Å². The van der Waals surface area contributed by atoms with E-state index >= 15 is 0 Å². The lowest BCUT2D eigenvalue weighted by Gasteiger charge is -2.43. The van der Waals surface area contributed by atoms with Crippen LogP contribution in [0.1, 0.15) is 49.7 Å². The van der Waals surface area contributed by atoms with E-state index in [0.29, 0.717) is 33.8 Å². The van der Waals surface area contributed by atoms with Crippen molar-refractivity contribution in [3.05, 3.63) is 101 Å². The van der Waals surface area contributed by atoms with Gasteiger partial charge in [-0.1, -0.05) is 35.9 Å². The molecule has 7 nitrogen and oxygen atoms in total. The van der Waals surface area contributed by atoms with Crippen LogP contribution in [0.5, 0.6) is 5.75 Å². The number of aliphatic carboxylic acids is 1. The van der Waals surface area contributed by atoms with E-state index in [0.717, 1.165) is 36.8 Å². The monoisotopic (exact) mass is 601 g/mol. The summed E-state index contributed by atoms with van der Waals surface area (Å²) in [6.45, 7) is 1.66. The predicted molar refractivity (Wildman–Crippen MR) is 164 cm³/mol. The van der Waals surface area contributed by atoms with Crippen molar-refractivity contribution in [2.75, 3.05) is 5.32 Å². The summed E-state index contributed by atoms with van der Waals surface area (Å²) in [4.78, 5) is 32.0. The number of benzene rings is 3. The average Bonchev–Trinajstić information content (AvgIpc) is 3.25. The molecule has 2 saturated heterocycles. The van der Waals surface area contributed by atoms with Crippen LogP contribution in [0.15, 0.2) is 79.0 Å². The maximum Gasteiger partial charge on any atom is 0.310 e. The van der Waals surface area contributed by atoms with Gasteiger partial charge in [0.05, 0.1) is 17.5 Å². The molecule has 1 aromatic heterocycles. The number of carbonyl (C=O) groups excluding carboxylic acids is 1. The van der Waals surface area contributed by atoms with E-state index in [1.54, 1.807) is 49.5 Å². The molecule has 43 heavy (non-hydrogen) atoms. The van der Waals surface area contributed by atoms with Crippen LogP contribution in [0.4, 0.5) is 10.1 Å². The van der Waals surface area contributed by atoms with Gasteiger partial charge < -0.3 is 15.2 Å². The molecule has 0 aliphatic carbocycles. The number of anilines is 1. The van der Waals surface area contributed by atoms with E-state index in [1.807, 2.05) is 24.3 Å². The standard InChI is InChI=1S/C34H33ClFN3O4/c1-20(34(41)42)22-4-2-21(3-5-22)16-31(33(40)38-25-9-6-23(35)7-10-25)39-26-11-12-27(39)19-28(18-26)43-32-14-15-37-30-13-8-24(36)17-29(30)32/h2-10,13-15,17,20,26-28,31H,11-12,16,18-19H2,1H3,(H,38,40)(H,41,42). The van der Waals surface area contributed by atoms with Crippen LogP contribution in [0.3, 0.4) is 0 Å². The zero-order chi connectivity index (χ0) is 30.1. The number of rotatable bonds is 9. The number of nitrogens with one attached hydrogen (secondary N) is 1. The van der Waals surface area contributed by atoms with Crippen LogP contribution in [-0.4, -0.2) is 51.1 Å². The highest BCUT2D eigenvalue weighted by molar-refractivity contribution is 6.30. The van der Waals surface area contributed by atoms with Crippen LogP contribution in [-0.2, 0) is 16.0 Å². The van der Waals surface area contributed by atoms with Crippen molar-refractivity contribution in [1.29, 1.82) is 0 Å². The van der Waals surface area contributed by atoms with Gasteiger partial charge in [0.1, 0.15) is 17.7 Å². The van der Waals surface area contributed by atoms with Gasteiger partial charge in [-0.25, -0.2) is 4.39 Å². The van der Waals surface area contributed by atoms with Crippen LogP contribution in [0.25, 0.3) is 10.9 Å². The van der Waals surface area contributed by atoms with Gasteiger partial charge in [0, 0.05) is 34.4 Å². The first-order chi connectivity index (χ1) is 20.7. The van der Waals surface area contributed by atoms with Crippen LogP contribution in [0, 0.1) is 5.82 Å². The fourth-order valence-corrected chi connectivity index (χ4v) is 6.67. The molecular weight excluding hydrogens is 569 g/mol. The van der Waals surface area contributed by atoms with Crippen molar-refractivity contribution >= 4 is 40.1 Å². The molecule has 2 bridgehead atoms. The molecule has 6 rings (SSSR count). The molecule has 4 unspecified atom stereocenters. The smallest absolute Gasteiger partial charge is 0.310 e. The Kier molecular flexibility index (Phi) is 8.32.